The Labute approximate surface area is 195 Å². The van der Waals surface area contributed by atoms with Crippen LogP contribution in [0.1, 0.15) is 21.5 Å². The summed E-state index contributed by atoms with van der Waals surface area (Å²) >= 11 is 1.48. The zero-order valence-electron chi connectivity index (χ0n) is 17.8. The van der Waals surface area contributed by atoms with E-state index in [1.54, 1.807) is 43.5 Å². The minimum Gasteiger partial charge on any atom is -0.497 e. The van der Waals surface area contributed by atoms with Gasteiger partial charge in [0.1, 0.15) is 11.6 Å². The van der Waals surface area contributed by atoms with Crippen molar-refractivity contribution in [3.63, 3.8) is 0 Å². The van der Waals surface area contributed by atoms with Crippen LogP contribution in [0.5, 0.6) is 5.75 Å². The van der Waals surface area contributed by atoms with Crippen molar-refractivity contribution in [1.29, 1.82) is 5.26 Å². The minimum absolute atomic E-state index is 0.113. The highest BCUT2D eigenvalue weighted by atomic mass is 32.2. The molecule has 6 nitrogen and oxygen atoms in total. The number of carbonyl (C=O) groups is 2. The van der Waals surface area contributed by atoms with Crippen LogP contribution in [-0.4, -0.2) is 36.2 Å². The number of urea groups is 1. The van der Waals surface area contributed by atoms with Gasteiger partial charge in [0.15, 0.2) is 0 Å². The first kappa shape index (κ1) is 22.4. The van der Waals surface area contributed by atoms with Crippen LogP contribution in [0, 0.1) is 17.1 Å². The van der Waals surface area contributed by atoms with Gasteiger partial charge in [0.25, 0.3) is 5.91 Å². The van der Waals surface area contributed by atoms with Crippen molar-refractivity contribution in [2.75, 3.05) is 24.3 Å². The molecule has 166 valence electrons. The van der Waals surface area contributed by atoms with Gasteiger partial charge in [0, 0.05) is 17.2 Å². The van der Waals surface area contributed by atoms with Crippen molar-refractivity contribution in [2.24, 2.45) is 0 Å². The summed E-state index contributed by atoms with van der Waals surface area (Å²) in [5.41, 5.74) is 1.65. The predicted octanol–water partition coefficient (Wildman–Crippen LogP) is 5.08. The summed E-state index contributed by atoms with van der Waals surface area (Å²) in [4.78, 5) is 30.3. The fourth-order valence-corrected chi connectivity index (χ4v) is 4.61. The second kappa shape index (κ2) is 9.76. The third-order valence-corrected chi connectivity index (χ3v) is 6.26. The topological polar surface area (TPSA) is 73.6 Å². The number of methoxy groups -OCH3 is 1. The number of benzene rings is 3. The molecule has 8 heteroatoms. The van der Waals surface area contributed by atoms with E-state index in [0.29, 0.717) is 22.8 Å². The number of hydrogen-bond acceptors (Lipinski definition) is 5. The third kappa shape index (κ3) is 4.69. The van der Waals surface area contributed by atoms with Crippen LogP contribution in [-0.2, 0) is 6.54 Å². The molecule has 0 spiro atoms. The third-order valence-electron chi connectivity index (χ3n) is 5.24. The van der Waals surface area contributed by atoms with E-state index < -0.39 is 17.8 Å². The van der Waals surface area contributed by atoms with E-state index in [0.717, 1.165) is 15.4 Å². The van der Waals surface area contributed by atoms with E-state index >= 15 is 0 Å². The summed E-state index contributed by atoms with van der Waals surface area (Å²) in [5, 5.41) is 9.25. The van der Waals surface area contributed by atoms with Gasteiger partial charge < -0.3 is 4.74 Å². The number of carbonyl (C=O) groups excluding carboxylic acids is 2. The van der Waals surface area contributed by atoms with Gasteiger partial charge in [-0.05, 0) is 48.0 Å². The fraction of sp³-hybridized carbons (Fsp3) is 0.160. The Morgan fingerprint density at radius 2 is 1.97 bits per heavy atom. The maximum atomic E-state index is 14.3. The van der Waals surface area contributed by atoms with Crippen LogP contribution in [0.15, 0.2) is 71.6 Å². The van der Waals surface area contributed by atoms with E-state index in [1.807, 2.05) is 12.1 Å². The molecule has 0 fully saturated rings. The van der Waals surface area contributed by atoms with Gasteiger partial charge in [-0.15, -0.1) is 11.8 Å². The highest BCUT2D eigenvalue weighted by molar-refractivity contribution is 7.99. The number of thioether (sulfide) groups is 1. The van der Waals surface area contributed by atoms with Crippen molar-refractivity contribution < 1.29 is 18.7 Å². The maximum Gasteiger partial charge on any atom is 0.331 e. The molecule has 1 aliphatic rings. The summed E-state index contributed by atoms with van der Waals surface area (Å²) < 4.78 is 19.7. The Morgan fingerprint density at radius 3 is 2.73 bits per heavy atom. The number of ether oxygens (including phenoxy) is 1. The Balaban J connectivity index is 1.77. The van der Waals surface area contributed by atoms with Gasteiger partial charge in [-0.2, -0.15) is 5.26 Å². The largest absolute Gasteiger partial charge is 0.497 e. The van der Waals surface area contributed by atoms with E-state index in [1.165, 1.54) is 34.9 Å². The lowest BCUT2D eigenvalue weighted by Gasteiger charge is -2.33. The minimum atomic E-state index is -0.688. The van der Waals surface area contributed by atoms with Gasteiger partial charge >= 0.3 is 6.03 Å². The average molecular weight is 462 g/mol. The van der Waals surface area contributed by atoms with E-state index in [4.69, 9.17) is 4.74 Å². The number of nitriles is 1. The summed E-state index contributed by atoms with van der Waals surface area (Å²) in [5.74, 6) is -0.265. The first-order valence-corrected chi connectivity index (χ1v) is 11.2. The zero-order chi connectivity index (χ0) is 23.4. The van der Waals surface area contributed by atoms with Crippen LogP contribution in [0.3, 0.4) is 0 Å². The number of amides is 3. The molecule has 0 saturated carbocycles. The summed E-state index contributed by atoms with van der Waals surface area (Å²) in [6.07, 6.45) is 0. The second-order valence-electron chi connectivity index (χ2n) is 7.30. The van der Waals surface area contributed by atoms with Gasteiger partial charge in [0.2, 0.25) is 0 Å². The molecular formula is C25H20FN3O3S. The molecule has 0 N–H and O–H groups in total. The smallest absolute Gasteiger partial charge is 0.331 e. The normalized spacial score (nSPS) is 13.5. The molecule has 3 amide bonds. The zero-order valence-corrected chi connectivity index (χ0v) is 18.6. The van der Waals surface area contributed by atoms with Gasteiger partial charge in [0.05, 0.1) is 36.5 Å². The standard InChI is InChI=1S/C25H20FN3O3S/c1-32-19-9-10-22-23(14-19)33-12-11-28(24(30)20-7-2-3-8-21(20)26)25(31)29(22)16-18-6-4-5-17(13-18)15-27/h2-10,13-14H,11-12,16H2,1H3. The molecular weight excluding hydrogens is 441 g/mol. The molecule has 1 aliphatic heterocycles. The number of fused-ring (bicyclic) bond motifs is 1. The second-order valence-corrected chi connectivity index (χ2v) is 8.44. The quantitative estimate of drug-likeness (QED) is 0.542. The first-order valence-electron chi connectivity index (χ1n) is 10.2. The average Bonchev–Trinajstić information content (AvgIpc) is 2.84. The van der Waals surface area contributed by atoms with E-state index in [9.17, 15) is 19.2 Å². The van der Waals surface area contributed by atoms with E-state index in [2.05, 4.69) is 6.07 Å². The van der Waals surface area contributed by atoms with Crippen LogP contribution in [0.4, 0.5) is 14.9 Å². The van der Waals surface area contributed by atoms with Crippen molar-refractivity contribution in [3.05, 3.63) is 89.2 Å². The SMILES string of the molecule is COc1ccc2c(c1)SCCN(C(=O)c1ccccc1F)C(=O)N2Cc1cccc(C#N)c1. The molecule has 0 aromatic heterocycles. The number of rotatable bonds is 4. The molecule has 0 radical (unpaired) electrons. The first-order chi connectivity index (χ1) is 16.0. The predicted molar refractivity (Wildman–Crippen MR) is 124 cm³/mol. The van der Waals surface area contributed by atoms with Crippen LogP contribution in [0.2, 0.25) is 0 Å². The Morgan fingerprint density at radius 1 is 1.15 bits per heavy atom. The van der Waals surface area contributed by atoms with Gasteiger partial charge in [-0.25, -0.2) is 9.18 Å². The van der Waals surface area contributed by atoms with Gasteiger partial charge in [-0.1, -0.05) is 24.3 Å². The fourth-order valence-electron chi connectivity index (χ4n) is 3.59. The number of anilines is 1. The lowest BCUT2D eigenvalue weighted by Crippen LogP contribution is -2.48. The van der Waals surface area contributed by atoms with Crippen molar-refractivity contribution in [1.82, 2.24) is 4.90 Å². The lowest BCUT2D eigenvalue weighted by molar-refractivity contribution is 0.0809. The molecule has 4 rings (SSSR count). The van der Waals surface area contributed by atoms with Crippen LogP contribution >= 0.6 is 11.8 Å². The molecule has 0 aliphatic carbocycles. The molecule has 3 aromatic rings. The van der Waals surface area contributed by atoms with Crippen molar-refractivity contribution >= 4 is 29.4 Å². The highest BCUT2D eigenvalue weighted by Gasteiger charge is 2.32. The molecule has 3 aromatic carbocycles. The molecule has 0 atom stereocenters. The van der Waals surface area contributed by atoms with Crippen molar-refractivity contribution in [3.8, 4) is 11.8 Å². The molecule has 0 unspecified atom stereocenters. The Bertz CT molecular complexity index is 1260. The molecule has 1 heterocycles. The molecule has 33 heavy (non-hydrogen) atoms. The number of halogens is 1. The number of imide groups is 1. The van der Waals surface area contributed by atoms with Gasteiger partial charge in [-0.3, -0.25) is 14.6 Å². The number of nitrogens with zero attached hydrogens (tertiary/aromatic N) is 3. The monoisotopic (exact) mass is 461 g/mol. The maximum absolute atomic E-state index is 14.3. The number of hydrogen-bond donors (Lipinski definition) is 0. The summed E-state index contributed by atoms with van der Waals surface area (Å²) in [7, 11) is 1.57. The molecule has 0 saturated heterocycles. The summed E-state index contributed by atoms with van der Waals surface area (Å²) in [6, 6.07) is 19.5. The highest BCUT2D eigenvalue weighted by Crippen LogP contribution is 2.37. The molecule has 0 bridgehead atoms. The summed E-state index contributed by atoms with van der Waals surface area (Å²) in [6.45, 7) is 0.247. The van der Waals surface area contributed by atoms with E-state index in [-0.39, 0.29) is 18.7 Å². The van der Waals surface area contributed by atoms with Crippen molar-refractivity contribution in [2.45, 2.75) is 11.4 Å². The van der Waals surface area contributed by atoms with Crippen LogP contribution in [0.25, 0.3) is 0 Å². The lowest BCUT2D eigenvalue weighted by atomic mass is 10.1. The Kier molecular flexibility index (Phi) is 6.61. The Hall–Kier alpha value is -3.83. The van der Waals surface area contributed by atoms with Crippen LogP contribution < -0.4 is 9.64 Å².